The second kappa shape index (κ2) is 7.93. The maximum atomic E-state index is 12.4. The summed E-state index contributed by atoms with van der Waals surface area (Å²) in [4.78, 5) is 23.1. The fraction of sp³-hybridized carbons (Fsp3) is 0.217. The number of benzene rings is 2. The molecule has 2 aromatic carbocycles. The fourth-order valence-corrected chi connectivity index (χ4v) is 3.21. The molecule has 0 amide bonds. The number of aryl methyl sites for hydroxylation is 1. The lowest BCUT2D eigenvalue weighted by Gasteiger charge is -2.22. The summed E-state index contributed by atoms with van der Waals surface area (Å²) in [5.41, 5.74) is 2.62. The highest BCUT2D eigenvalue weighted by molar-refractivity contribution is 5.88. The number of fused-ring (bicyclic) bond motifs is 1. The highest BCUT2D eigenvalue weighted by Gasteiger charge is 2.24. The van der Waals surface area contributed by atoms with Crippen molar-refractivity contribution in [2.45, 2.75) is 19.4 Å². The van der Waals surface area contributed by atoms with Crippen molar-refractivity contribution >= 4 is 16.9 Å². The minimum atomic E-state index is -0.890. The van der Waals surface area contributed by atoms with Crippen LogP contribution >= 0.6 is 0 Å². The largest absolute Gasteiger partial charge is 0.491 e. The van der Waals surface area contributed by atoms with E-state index in [0.29, 0.717) is 47.7 Å². The number of hydrogen-bond donors (Lipinski definition) is 1. The van der Waals surface area contributed by atoms with E-state index in [1.54, 1.807) is 12.1 Å². The molecule has 0 saturated heterocycles. The standard InChI is InChI=1S/C23H20O6/c1-14-3-2-4-19-20(24)13-21(29-22(14)19)15-5-7-17(8-6-15)27-9-10-28-18-11-16(12-18)23(25)26/h2-8,11,13,18H,9-10,12H2,1H3,(H,25,26). The third-order valence-corrected chi connectivity index (χ3v) is 4.86. The summed E-state index contributed by atoms with van der Waals surface area (Å²) in [7, 11) is 0. The molecule has 1 aliphatic rings. The fourth-order valence-electron chi connectivity index (χ4n) is 3.21. The average molecular weight is 392 g/mol. The quantitative estimate of drug-likeness (QED) is 0.613. The van der Waals surface area contributed by atoms with E-state index in [-0.39, 0.29) is 11.5 Å². The minimum absolute atomic E-state index is 0.0708. The first kappa shape index (κ1) is 19.0. The van der Waals surface area contributed by atoms with E-state index in [1.807, 2.05) is 43.3 Å². The SMILES string of the molecule is Cc1cccc2c(=O)cc(-c3ccc(OCCOC4C=C(C(=O)O)C4)cc3)oc12. The molecule has 4 rings (SSSR count). The molecule has 0 radical (unpaired) electrons. The molecule has 1 unspecified atom stereocenters. The molecule has 1 aliphatic carbocycles. The molecule has 29 heavy (non-hydrogen) atoms. The molecule has 0 fully saturated rings. The van der Waals surface area contributed by atoms with Gasteiger partial charge in [0.1, 0.15) is 23.7 Å². The lowest BCUT2D eigenvalue weighted by molar-refractivity contribution is -0.133. The number of ether oxygens (including phenoxy) is 2. The maximum absolute atomic E-state index is 12.4. The van der Waals surface area contributed by atoms with E-state index >= 15 is 0 Å². The molecular formula is C23H20O6. The number of carboxylic acid groups (broad SMARTS) is 1. The van der Waals surface area contributed by atoms with E-state index < -0.39 is 5.97 Å². The van der Waals surface area contributed by atoms with Gasteiger partial charge in [0.2, 0.25) is 0 Å². The normalized spacial score (nSPS) is 15.6. The Bertz CT molecular complexity index is 1140. The molecule has 3 aromatic rings. The number of aliphatic carboxylic acids is 1. The van der Waals surface area contributed by atoms with Gasteiger partial charge in [-0.2, -0.15) is 0 Å². The number of rotatable bonds is 7. The lowest BCUT2D eigenvalue weighted by Crippen LogP contribution is -2.26. The van der Waals surface area contributed by atoms with Crippen LogP contribution in [-0.4, -0.2) is 30.4 Å². The number of carboxylic acids is 1. The topological polar surface area (TPSA) is 86.0 Å². The second-order valence-corrected chi connectivity index (χ2v) is 6.91. The smallest absolute Gasteiger partial charge is 0.331 e. The molecule has 0 spiro atoms. The molecule has 0 bridgehead atoms. The van der Waals surface area contributed by atoms with Crippen LogP contribution in [-0.2, 0) is 9.53 Å². The Morgan fingerprint density at radius 3 is 2.66 bits per heavy atom. The monoisotopic (exact) mass is 392 g/mol. The summed E-state index contributed by atoms with van der Waals surface area (Å²) in [6, 6.07) is 14.3. The molecule has 6 nitrogen and oxygen atoms in total. The zero-order valence-electron chi connectivity index (χ0n) is 15.9. The van der Waals surface area contributed by atoms with Gasteiger partial charge in [0, 0.05) is 23.6 Å². The molecule has 0 saturated carbocycles. The van der Waals surface area contributed by atoms with Gasteiger partial charge >= 0.3 is 5.97 Å². The van der Waals surface area contributed by atoms with Gasteiger partial charge in [0.15, 0.2) is 5.43 Å². The van der Waals surface area contributed by atoms with Gasteiger partial charge in [-0.3, -0.25) is 4.79 Å². The van der Waals surface area contributed by atoms with Crippen molar-refractivity contribution in [3.63, 3.8) is 0 Å². The summed E-state index contributed by atoms with van der Waals surface area (Å²) < 4.78 is 17.1. The summed E-state index contributed by atoms with van der Waals surface area (Å²) in [6.45, 7) is 2.64. The Labute approximate surface area is 167 Å². The van der Waals surface area contributed by atoms with Crippen molar-refractivity contribution in [1.29, 1.82) is 0 Å². The van der Waals surface area contributed by atoms with Gasteiger partial charge in [0.25, 0.3) is 0 Å². The van der Waals surface area contributed by atoms with Gasteiger partial charge in [-0.1, -0.05) is 12.1 Å². The van der Waals surface area contributed by atoms with Gasteiger partial charge in [0.05, 0.1) is 18.1 Å². The highest BCUT2D eigenvalue weighted by Crippen LogP contribution is 2.26. The Balaban J connectivity index is 1.37. The number of hydrogen-bond acceptors (Lipinski definition) is 5. The predicted octanol–water partition coefficient (Wildman–Crippen LogP) is 3.95. The zero-order valence-corrected chi connectivity index (χ0v) is 15.9. The van der Waals surface area contributed by atoms with Crippen LogP contribution in [0.15, 0.2) is 69.4 Å². The second-order valence-electron chi connectivity index (χ2n) is 6.91. The molecule has 1 heterocycles. The van der Waals surface area contributed by atoms with Crippen LogP contribution in [0.2, 0.25) is 0 Å². The third kappa shape index (κ3) is 4.07. The van der Waals surface area contributed by atoms with Crippen molar-refractivity contribution in [2.24, 2.45) is 0 Å². The van der Waals surface area contributed by atoms with E-state index in [0.717, 1.165) is 11.1 Å². The van der Waals surface area contributed by atoms with Crippen molar-refractivity contribution in [1.82, 2.24) is 0 Å². The van der Waals surface area contributed by atoms with Crippen molar-refractivity contribution in [2.75, 3.05) is 13.2 Å². The van der Waals surface area contributed by atoms with Crippen LogP contribution in [0.25, 0.3) is 22.3 Å². The summed E-state index contributed by atoms with van der Waals surface area (Å²) in [6.07, 6.45) is 1.89. The van der Waals surface area contributed by atoms with Crippen LogP contribution < -0.4 is 10.2 Å². The van der Waals surface area contributed by atoms with Gasteiger partial charge in [-0.15, -0.1) is 0 Å². The van der Waals surface area contributed by atoms with Crippen molar-refractivity contribution in [3.8, 4) is 17.1 Å². The third-order valence-electron chi connectivity index (χ3n) is 4.86. The molecule has 1 N–H and O–H groups in total. The Hall–Kier alpha value is -3.38. The highest BCUT2D eigenvalue weighted by atomic mass is 16.5. The van der Waals surface area contributed by atoms with E-state index in [4.69, 9.17) is 19.0 Å². The summed E-state index contributed by atoms with van der Waals surface area (Å²) in [5.74, 6) is 0.295. The van der Waals surface area contributed by atoms with Crippen LogP contribution in [0.5, 0.6) is 5.75 Å². The van der Waals surface area contributed by atoms with Crippen LogP contribution in [0, 0.1) is 6.92 Å². The number of para-hydroxylation sites is 1. The lowest BCUT2D eigenvalue weighted by atomic mass is 9.96. The summed E-state index contributed by atoms with van der Waals surface area (Å²) >= 11 is 0. The maximum Gasteiger partial charge on any atom is 0.331 e. The Kier molecular flexibility index (Phi) is 5.18. The number of carbonyl (C=O) groups is 1. The van der Waals surface area contributed by atoms with Gasteiger partial charge in [-0.05, 0) is 48.9 Å². The van der Waals surface area contributed by atoms with Crippen LogP contribution in [0.1, 0.15) is 12.0 Å². The molecule has 0 aliphatic heterocycles. The van der Waals surface area contributed by atoms with Crippen LogP contribution in [0.4, 0.5) is 0 Å². The van der Waals surface area contributed by atoms with Crippen LogP contribution in [0.3, 0.4) is 0 Å². The first-order valence-corrected chi connectivity index (χ1v) is 9.33. The average Bonchev–Trinajstić information content (AvgIpc) is 2.67. The zero-order chi connectivity index (χ0) is 20.4. The first-order valence-electron chi connectivity index (χ1n) is 9.33. The van der Waals surface area contributed by atoms with Crippen molar-refractivity contribution in [3.05, 3.63) is 76.0 Å². The van der Waals surface area contributed by atoms with Gasteiger partial charge < -0.3 is 19.0 Å². The molecular weight excluding hydrogens is 372 g/mol. The Morgan fingerprint density at radius 2 is 1.93 bits per heavy atom. The predicted molar refractivity (Wildman–Crippen MR) is 108 cm³/mol. The van der Waals surface area contributed by atoms with E-state index in [2.05, 4.69) is 0 Å². The van der Waals surface area contributed by atoms with Crippen molar-refractivity contribution < 1.29 is 23.8 Å². The summed E-state index contributed by atoms with van der Waals surface area (Å²) in [5, 5.41) is 9.36. The first-order chi connectivity index (χ1) is 14.0. The minimum Gasteiger partial charge on any atom is -0.491 e. The van der Waals surface area contributed by atoms with Gasteiger partial charge in [-0.25, -0.2) is 4.79 Å². The van der Waals surface area contributed by atoms with E-state index in [9.17, 15) is 9.59 Å². The van der Waals surface area contributed by atoms with E-state index in [1.165, 1.54) is 6.07 Å². The Morgan fingerprint density at radius 1 is 1.17 bits per heavy atom. The molecule has 1 aromatic heterocycles. The molecule has 6 heteroatoms. The molecule has 1 atom stereocenters. The molecule has 148 valence electrons.